The van der Waals surface area contributed by atoms with E-state index >= 15 is 0 Å². The van der Waals surface area contributed by atoms with Gasteiger partial charge in [0, 0.05) is 10.6 Å². The summed E-state index contributed by atoms with van der Waals surface area (Å²) in [5.41, 5.74) is 0. The molecule has 0 atom stereocenters. The maximum absolute atomic E-state index is 14.3. The maximum Gasteiger partial charge on any atom is 0.174 e. The smallest absolute Gasteiger partial charge is 0.174 e. The van der Waals surface area contributed by atoms with Gasteiger partial charge in [0.2, 0.25) is 0 Å². The average molecular weight is 314 g/mol. The summed E-state index contributed by atoms with van der Waals surface area (Å²) in [6.45, 7) is 0. The largest absolute Gasteiger partial charge is 0.309 e. The summed E-state index contributed by atoms with van der Waals surface area (Å²) < 4.78 is 41.8. The molecule has 22 heavy (non-hydrogen) atoms. The molecule has 0 aliphatic heterocycles. The Morgan fingerprint density at radius 2 is 1.14 bits per heavy atom. The van der Waals surface area contributed by atoms with Crippen molar-refractivity contribution < 1.29 is 13.3 Å². The lowest BCUT2D eigenvalue weighted by atomic mass is 10.3. The molecule has 110 valence electrons. The number of hydrogen-bond donors (Lipinski definition) is 0. The summed E-state index contributed by atoms with van der Waals surface area (Å²) >= 11 is 0. The van der Waals surface area contributed by atoms with Gasteiger partial charge in [-0.05, 0) is 12.1 Å². The van der Waals surface area contributed by atoms with Gasteiger partial charge in [-0.3, -0.25) is 0 Å². The van der Waals surface area contributed by atoms with E-state index in [1.54, 1.807) is 60.7 Å². The van der Waals surface area contributed by atoms with Crippen LogP contribution >= 0.6 is 7.14 Å². The summed E-state index contributed by atoms with van der Waals surface area (Å²) in [6, 6.07) is 21.0. The minimum atomic E-state index is -3.46. The highest BCUT2D eigenvalue weighted by Gasteiger charge is 2.33. The third-order valence-electron chi connectivity index (χ3n) is 3.51. The molecule has 4 heteroatoms. The van der Waals surface area contributed by atoms with Crippen LogP contribution in [-0.2, 0) is 4.57 Å². The van der Waals surface area contributed by atoms with E-state index in [-0.39, 0.29) is 5.30 Å². The van der Waals surface area contributed by atoms with Crippen molar-refractivity contribution in [2.75, 3.05) is 0 Å². The molecule has 0 radical (unpaired) electrons. The molecule has 0 aliphatic carbocycles. The van der Waals surface area contributed by atoms with Gasteiger partial charge in [-0.25, -0.2) is 8.78 Å². The molecule has 0 spiro atoms. The van der Waals surface area contributed by atoms with E-state index in [9.17, 15) is 13.3 Å². The van der Waals surface area contributed by atoms with Crippen LogP contribution < -0.4 is 15.9 Å². The first-order chi connectivity index (χ1) is 10.6. The lowest BCUT2D eigenvalue weighted by molar-refractivity contribution is 0.512. The van der Waals surface area contributed by atoms with Crippen LogP contribution in [0.4, 0.5) is 8.78 Å². The Labute approximate surface area is 127 Å². The second kappa shape index (κ2) is 5.86. The van der Waals surface area contributed by atoms with Crippen LogP contribution in [0.25, 0.3) is 0 Å². The number of halogens is 2. The fourth-order valence-electron chi connectivity index (χ4n) is 2.44. The zero-order valence-corrected chi connectivity index (χ0v) is 12.5. The fraction of sp³-hybridized carbons (Fsp3) is 0. The van der Waals surface area contributed by atoms with Crippen molar-refractivity contribution in [1.82, 2.24) is 0 Å². The molecule has 0 aliphatic rings. The molecule has 3 aromatic rings. The van der Waals surface area contributed by atoms with Crippen molar-refractivity contribution >= 4 is 23.1 Å². The molecule has 3 aromatic carbocycles. The predicted molar refractivity (Wildman–Crippen MR) is 85.8 cm³/mol. The quantitative estimate of drug-likeness (QED) is 0.675. The van der Waals surface area contributed by atoms with Gasteiger partial charge >= 0.3 is 0 Å². The minimum Gasteiger partial charge on any atom is -0.309 e. The van der Waals surface area contributed by atoms with Crippen LogP contribution in [0.2, 0.25) is 0 Å². The maximum atomic E-state index is 14.3. The molecular formula is C18H13F2OP. The van der Waals surface area contributed by atoms with Gasteiger partial charge in [-0.2, -0.15) is 0 Å². The molecule has 0 bridgehead atoms. The third-order valence-corrected chi connectivity index (χ3v) is 6.58. The first kappa shape index (κ1) is 14.7. The van der Waals surface area contributed by atoms with Crippen molar-refractivity contribution in [3.05, 3.63) is 90.5 Å². The molecular weight excluding hydrogens is 301 g/mol. The summed E-state index contributed by atoms with van der Waals surface area (Å²) in [6.07, 6.45) is 0. The zero-order chi connectivity index (χ0) is 15.6. The molecule has 0 aromatic heterocycles. The van der Waals surface area contributed by atoms with Crippen molar-refractivity contribution in [2.24, 2.45) is 0 Å². The van der Waals surface area contributed by atoms with Gasteiger partial charge in [0.25, 0.3) is 0 Å². The molecule has 0 unspecified atom stereocenters. The Bertz CT molecular complexity index is 789. The molecule has 0 saturated heterocycles. The van der Waals surface area contributed by atoms with E-state index in [1.807, 2.05) is 0 Å². The van der Waals surface area contributed by atoms with Crippen molar-refractivity contribution in [3.63, 3.8) is 0 Å². The molecule has 1 nitrogen and oxygen atoms in total. The van der Waals surface area contributed by atoms with Gasteiger partial charge in [0.05, 0.1) is 5.30 Å². The standard InChI is InChI=1S/C18H13F2OP/c19-16-12-7-13-17(18(16)20)22(21,14-8-3-1-4-9-14)15-10-5-2-6-11-15/h1-13H. The fourth-order valence-corrected chi connectivity index (χ4v) is 5.16. The van der Waals surface area contributed by atoms with Crippen molar-refractivity contribution in [1.29, 1.82) is 0 Å². The van der Waals surface area contributed by atoms with Crippen LogP contribution in [0, 0.1) is 11.6 Å². The Morgan fingerprint density at radius 1 is 0.636 bits per heavy atom. The van der Waals surface area contributed by atoms with Crippen LogP contribution in [0.15, 0.2) is 78.9 Å². The molecule has 3 rings (SSSR count). The SMILES string of the molecule is O=P(c1ccccc1)(c1ccccc1)c1cccc(F)c1F. The first-order valence-corrected chi connectivity index (χ1v) is 8.50. The number of benzene rings is 3. The van der Waals surface area contributed by atoms with Gasteiger partial charge in [0.15, 0.2) is 18.8 Å². The summed E-state index contributed by atoms with van der Waals surface area (Å²) in [7, 11) is -3.46. The molecule has 0 fully saturated rings. The highest BCUT2D eigenvalue weighted by molar-refractivity contribution is 7.85. The van der Waals surface area contributed by atoms with E-state index in [4.69, 9.17) is 0 Å². The van der Waals surface area contributed by atoms with Crippen LogP contribution in [0.5, 0.6) is 0 Å². The monoisotopic (exact) mass is 314 g/mol. The van der Waals surface area contributed by atoms with Gasteiger partial charge in [-0.15, -0.1) is 0 Å². The Balaban J connectivity index is 2.34. The molecule has 0 saturated carbocycles. The van der Waals surface area contributed by atoms with Crippen LogP contribution in [0.1, 0.15) is 0 Å². The summed E-state index contributed by atoms with van der Waals surface area (Å²) in [5, 5.41) is 0.848. The van der Waals surface area contributed by atoms with E-state index in [2.05, 4.69) is 0 Å². The second-order valence-electron chi connectivity index (χ2n) is 4.85. The Kier molecular flexibility index (Phi) is 3.91. The molecule has 0 heterocycles. The lowest BCUT2D eigenvalue weighted by Crippen LogP contribution is -2.27. The van der Waals surface area contributed by atoms with Gasteiger partial charge in [-0.1, -0.05) is 66.7 Å². The van der Waals surface area contributed by atoms with Crippen molar-refractivity contribution in [3.8, 4) is 0 Å². The Hall–Kier alpha value is -2.25. The predicted octanol–water partition coefficient (Wildman–Crippen LogP) is 3.60. The van der Waals surface area contributed by atoms with Crippen LogP contribution in [0.3, 0.4) is 0 Å². The summed E-state index contributed by atoms with van der Waals surface area (Å²) in [5.74, 6) is -2.05. The minimum absolute atomic E-state index is 0.107. The second-order valence-corrected chi connectivity index (χ2v) is 7.59. The average Bonchev–Trinajstić information content (AvgIpc) is 2.58. The van der Waals surface area contributed by atoms with Crippen molar-refractivity contribution in [2.45, 2.75) is 0 Å². The number of hydrogen-bond acceptors (Lipinski definition) is 1. The highest BCUT2D eigenvalue weighted by Crippen LogP contribution is 2.43. The Morgan fingerprint density at radius 3 is 1.64 bits per heavy atom. The first-order valence-electron chi connectivity index (χ1n) is 6.80. The highest BCUT2D eigenvalue weighted by atomic mass is 31.2. The normalized spacial score (nSPS) is 11.4. The number of rotatable bonds is 3. The van der Waals surface area contributed by atoms with E-state index < -0.39 is 18.8 Å². The molecule has 0 N–H and O–H groups in total. The van der Waals surface area contributed by atoms with Gasteiger partial charge in [0.1, 0.15) is 0 Å². The summed E-state index contributed by atoms with van der Waals surface area (Å²) in [4.78, 5) is 0. The van der Waals surface area contributed by atoms with E-state index in [0.717, 1.165) is 6.07 Å². The van der Waals surface area contributed by atoms with E-state index in [0.29, 0.717) is 10.6 Å². The third kappa shape index (κ3) is 2.38. The topological polar surface area (TPSA) is 17.1 Å². The zero-order valence-electron chi connectivity index (χ0n) is 11.6. The van der Waals surface area contributed by atoms with E-state index in [1.165, 1.54) is 12.1 Å². The van der Waals surface area contributed by atoms with Crippen LogP contribution in [-0.4, -0.2) is 0 Å². The van der Waals surface area contributed by atoms with Gasteiger partial charge < -0.3 is 4.57 Å². The molecule has 0 amide bonds. The lowest BCUT2D eigenvalue weighted by Gasteiger charge is -2.20.